The number of rotatable bonds is 5. The molecule has 17 heavy (non-hydrogen) atoms. The van der Waals surface area contributed by atoms with Gasteiger partial charge in [-0.1, -0.05) is 6.92 Å². The van der Waals surface area contributed by atoms with Gasteiger partial charge in [-0.3, -0.25) is 0 Å². The summed E-state index contributed by atoms with van der Waals surface area (Å²) in [6.07, 6.45) is 12.8. The number of nitrogens with one attached hydrogen (secondary N) is 2. The molecule has 0 aromatic heterocycles. The van der Waals surface area contributed by atoms with Gasteiger partial charge in [-0.05, 0) is 70.3 Å². The summed E-state index contributed by atoms with van der Waals surface area (Å²) in [5.41, 5.74) is 0.548. The van der Waals surface area contributed by atoms with Crippen molar-refractivity contribution in [3.63, 3.8) is 0 Å². The molecule has 0 aromatic carbocycles. The molecule has 0 aromatic rings. The highest BCUT2D eigenvalue weighted by Crippen LogP contribution is 2.36. The molecule has 1 saturated carbocycles. The highest BCUT2D eigenvalue weighted by Gasteiger charge is 2.36. The third kappa shape index (κ3) is 2.53. The van der Waals surface area contributed by atoms with Crippen LogP contribution in [0.4, 0.5) is 0 Å². The molecule has 2 aliphatic heterocycles. The third-order valence-electron chi connectivity index (χ3n) is 5.61. The minimum absolute atomic E-state index is 0.548. The Labute approximate surface area is 106 Å². The molecule has 2 nitrogen and oxygen atoms in total. The van der Waals surface area contributed by atoms with E-state index in [2.05, 4.69) is 17.6 Å². The molecule has 0 radical (unpaired) electrons. The fraction of sp³-hybridized carbons (Fsp3) is 1.00. The van der Waals surface area contributed by atoms with Crippen LogP contribution in [0.15, 0.2) is 0 Å². The molecule has 2 heteroatoms. The van der Waals surface area contributed by atoms with Gasteiger partial charge < -0.3 is 10.6 Å². The van der Waals surface area contributed by atoms with Crippen molar-refractivity contribution < 1.29 is 0 Å². The molecule has 2 heterocycles. The van der Waals surface area contributed by atoms with Crippen LogP contribution in [0.25, 0.3) is 0 Å². The molecule has 3 aliphatic rings. The van der Waals surface area contributed by atoms with Crippen molar-refractivity contribution in [2.75, 3.05) is 6.54 Å². The van der Waals surface area contributed by atoms with Gasteiger partial charge in [-0.25, -0.2) is 0 Å². The predicted molar refractivity (Wildman–Crippen MR) is 72.2 cm³/mol. The lowest BCUT2D eigenvalue weighted by Gasteiger charge is -2.43. The van der Waals surface area contributed by atoms with E-state index in [-0.39, 0.29) is 0 Å². The molecule has 3 rings (SSSR count). The van der Waals surface area contributed by atoms with Crippen LogP contribution < -0.4 is 10.6 Å². The second kappa shape index (κ2) is 4.89. The monoisotopic (exact) mass is 236 g/mol. The average Bonchev–Trinajstić information content (AvgIpc) is 2.62. The lowest BCUT2D eigenvalue weighted by atomic mass is 9.74. The van der Waals surface area contributed by atoms with E-state index < -0.39 is 0 Å². The number of fused-ring (bicyclic) bond motifs is 2. The van der Waals surface area contributed by atoms with Crippen LogP contribution in [-0.4, -0.2) is 24.2 Å². The molecule has 0 amide bonds. The summed E-state index contributed by atoms with van der Waals surface area (Å²) in [6, 6.07) is 1.73. The maximum Gasteiger partial charge on any atom is 0.0178 e. The second-order valence-corrected chi connectivity index (χ2v) is 6.68. The Morgan fingerprint density at radius 3 is 2.41 bits per heavy atom. The fourth-order valence-corrected chi connectivity index (χ4v) is 4.21. The quantitative estimate of drug-likeness (QED) is 0.767. The topological polar surface area (TPSA) is 24.1 Å². The van der Waals surface area contributed by atoms with Crippen molar-refractivity contribution in [2.24, 2.45) is 5.92 Å². The lowest BCUT2D eigenvalue weighted by molar-refractivity contribution is 0.169. The van der Waals surface area contributed by atoms with Crippen LogP contribution in [0.1, 0.15) is 64.7 Å². The first kappa shape index (κ1) is 12.0. The zero-order chi connectivity index (χ0) is 11.7. The number of piperidine rings is 1. The first-order valence-corrected chi connectivity index (χ1v) is 7.81. The molecule has 3 fully saturated rings. The zero-order valence-corrected chi connectivity index (χ0v) is 11.3. The number of hydrogen-bond donors (Lipinski definition) is 2. The summed E-state index contributed by atoms with van der Waals surface area (Å²) in [5.74, 6) is 0.996. The van der Waals surface area contributed by atoms with Crippen molar-refractivity contribution in [3.8, 4) is 0 Å². The van der Waals surface area contributed by atoms with Gasteiger partial charge in [0.2, 0.25) is 0 Å². The van der Waals surface area contributed by atoms with Crippen LogP contribution in [0.3, 0.4) is 0 Å². The molecule has 2 saturated heterocycles. The highest BCUT2D eigenvalue weighted by molar-refractivity contribution is 4.96. The van der Waals surface area contributed by atoms with Crippen LogP contribution in [0, 0.1) is 5.92 Å². The summed E-state index contributed by atoms with van der Waals surface area (Å²) >= 11 is 0. The van der Waals surface area contributed by atoms with E-state index in [4.69, 9.17) is 0 Å². The van der Waals surface area contributed by atoms with Crippen molar-refractivity contribution in [2.45, 2.75) is 82.3 Å². The predicted octanol–water partition coefficient (Wildman–Crippen LogP) is 2.83. The van der Waals surface area contributed by atoms with Gasteiger partial charge in [0, 0.05) is 17.6 Å². The Hall–Kier alpha value is -0.0800. The van der Waals surface area contributed by atoms with Gasteiger partial charge >= 0.3 is 0 Å². The van der Waals surface area contributed by atoms with Crippen LogP contribution in [-0.2, 0) is 0 Å². The van der Waals surface area contributed by atoms with Gasteiger partial charge in [0.05, 0.1) is 0 Å². The van der Waals surface area contributed by atoms with E-state index in [1.54, 1.807) is 0 Å². The molecule has 2 N–H and O–H groups in total. The van der Waals surface area contributed by atoms with Crippen LogP contribution in [0.2, 0.25) is 0 Å². The lowest BCUT2D eigenvalue weighted by Crippen LogP contribution is -2.51. The molecule has 1 aliphatic carbocycles. The highest BCUT2D eigenvalue weighted by atomic mass is 15.0. The smallest absolute Gasteiger partial charge is 0.0178 e. The molecule has 2 atom stereocenters. The molecule has 98 valence electrons. The molecule has 2 bridgehead atoms. The normalized spacial score (nSPS) is 39.0. The summed E-state index contributed by atoms with van der Waals surface area (Å²) in [6.45, 7) is 3.61. The van der Waals surface area contributed by atoms with Crippen LogP contribution >= 0.6 is 0 Å². The molecule has 0 spiro atoms. The van der Waals surface area contributed by atoms with Gasteiger partial charge in [-0.15, -0.1) is 0 Å². The summed E-state index contributed by atoms with van der Waals surface area (Å²) < 4.78 is 0. The first-order chi connectivity index (χ1) is 8.30. The third-order valence-corrected chi connectivity index (χ3v) is 5.61. The summed E-state index contributed by atoms with van der Waals surface area (Å²) in [7, 11) is 0. The molecular weight excluding hydrogens is 208 g/mol. The van der Waals surface area contributed by atoms with E-state index in [0.717, 1.165) is 18.0 Å². The Bertz CT molecular complexity index is 242. The van der Waals surface area contributed by atoms with Gasteiger partial charge in [0.25, 0.3) is 0 Å². The van der Waals surface area contributed by atoms with Gasteiger partial charge in [0.15, 0.2) is 0 Å². The van der Waals surface area contributed by atoms with E-state index in [9.17, 15) is 0 Å². The SMILES string of the molecule is CCC1(NCCC2CC3CCC(C2)N3)CCC1. The minimum Gasteiger partial charge on any atom is -0.311 e. The largest absolute Gasteiger partial charge is 0.311 e. The molecule has 2 unspecified atom stereocenters. The van der Waals surface area contributed by atoms with Crippen LogP contribution in [0.5, 0.6) is 0 Å². The van der Waals surface area contributed by atoms with E-state index >= 15 is 0 Å². The van der Waals surface area contributed by atoms with Crippen molar-refractivity contribution in [1.82, 2.24) is 10.6 Å². The second-order valence-electron chi connectivity index (χ2n) is 6.68. The first-order valence-electron chi connectivity index (χ1n) is 7.81. The van der Waals surface area contributed by atoms with Gasteiger partial charge in [0.1, 0.15) is 0 Å². The van der Waals surface area contributed by atoms with E-state index in [1.807, 2.05) is 0 Å². The van der Waals surface area contributed by atoms with E-state index in [0.29, 0.717) is 5.54 Å². The number of hydrogen-bond acceptors (Lipinski definition) is 2. The fourth-order valence-electron chi connectivity index (χ4n) is 4.21. The van der Waals surface area contributed by atoms with Crippen molar-refractivity contribution >= 4 is 0 Å². The average molecular weight is 236 g/mol. The summed E-state index contributed by atoms with van der Waals surface area (Å²) in [4.78, 5) is 0. The standard InChI is InChI=1S/C15H28N2/c1-2-15(7-3-8-15)16-9-6-12-10-13-4-5-14(11-12)17-13/h12-14,16-17H,2-11H2,1H3. The van der Waals surface area contributed by atoms with E-state index in [1.165, 1.54) is 64.3 Å². The Kier molecular flexibility index (Phi) is 3.45. The Morgan fingerprint density at radius 2 is 1.88 bits per heavy atom. The maximum atomic E-state index is 3.86. The van der Waals surface area contributed by atoms with Crippen molar-refractivity contribution in [3.05, 3.63) is 0 Å². The zero-order valence-electron chi connectivity index (χ0n) is 11.3. The Morgan fingerprint density at radius 1 is 1.18 bits per heavy atom. The summed E-state index contributed by atoms with van der Waals surface area (Å²) in [5, 5.41) is 7.60. The van der Waals surface area contributed by atoms with Gasteiger partial charge in [-0.2, -0.15) is 0 Å². The molecular formula is C15H28N2. The maximum absolute atomic E-state index is 3.86. The minimum atomic E-state index is 0.548. The Balaban J connectivity index is 1.39. The van der Waals surface area contributed by atoms with Crippen molar-refractivity contribution in [1.29, 1.82) is 0 Å².